The van der Waals surface area contributed by atoms with Crippen LogP contribution in [-0.4, -0.2) is 23.4 Å². The Morgan fingerprint density at radius 1 is 1.25 bits per heavy atom. The minimum absolute atomic E-state index is 0.0183. The molecule has 1 aromatic heterocycles. The van der Waals surface area contributed by atoms with Crippen LogP contribution >= 0.6 is 11.3 Å². The van der Waals surface area contributed by atoms with Gasteiger partial charge < -0.3 is 10.6 Å². The van der Waals surface area contributed by atoms with Crippen LogP contribution in [0.4, 0.5) is 0 Å². The molecule has 0 aliphatic heterocycles. The highest BCUT2D eigenvalue weighted by Gasteiger charge is 2.20. The van der Waals surface area contributed by atoms with Crippen molar-refractivity contribution in [3.63, 3.8) is 0 Å². The summed E-state index contributed by atoms with van der Waals surface area (Å²) < 4.78 is 0. The van der Waals surface area contributed by atoms with E-state index in [9.17, 15) is 4.79 Å². The number of nitrogens with zero attached hydrogens (tertiary/aromatic N) is 1. The lowest BCUT2D eigenvalue weighted by Crippen LogP contribution is -2.44. The van der Waals surface area contributed by atoms with Gasteiger partial charge in [0.2, 0.25) is 5.91 Å². The van der Waals surface area contributed by atoms with Crippen molar-refractivity contribution in [2.75, 3.05) is 6.54 Å². The van der Waals surface area contributed by atoms with Gasteiger partial charge in [-0.25, -0.2) is 0 Å². The molecule has 2 N–H and O–H groups in total. The summed E-state index contributed by atoms with van der Waals surface area (Å²) in [7, 11) is 0. The molecule has 4 heteroatoms. The van der Waals surface area contributed by atoms with Gasteiger partial charge >= 0.3 is 0 Å². The minimum Gasteiger partial charge on any atom is -0.336 e. The zero-order valence-corrected chi connectivity index (χ0v) is 12.5. The monoisotopic (exact) mass is 288 g/mol. The molecule has 0 unspecified atom stereocenters. The van der Waals surface area contributed by atoms with Crippen LogP contribution in [0.3, 0.4) is 0 Å². The van der Waals surface area contributed by atoms with Crippen LogP contribution in [0.2, 0.25) is 0 Å². The largest absolute Gasteiger partial charge is 0.336 e. The lowest BCUT2D eigenvalue weighted by molar-refractivity contribution is -0.132. The number of thiophene rings is 1. The molecule has 0 radical (unpaired) electrons. The summed E-state index contributed by atoms with van der Waals surface area (Å²) >= 11 is 1.67. The zero-order chi connectivity index (χ0) is 14.4. The van der Waals surface area contributed by atoms with E-state index in [-0.39, 0.29) is 5.91 Å². The summed E-state index contributed by atoms with van der Waals surface area (Å²) in [6, 6.07) is 13.5. The molecular formula is C16H20N2OS. The van der Waals surface area contributed by atoms with Crippen LogP contribution in [-0.2, 0) is 17.8 Å². The topological polar surface area (TPSA) is 46.3 Å². The van der Waals surface area contributed by atoms with Crippen molar-refractivity contribution in [3.8, 4) is 0 Å². The first-order valence-electron chi connectivity index (χ1n) is 6.81. The SMILES string of the molecule is CCN(Cc1cccs1)C(=O)[C@H](N)Cc1ccccc1. The summed E-state index contributed by atoms with van der Waals surface area (Å²) in [6.45, 7) is 3.31. The number of amides is 1. The van der Waals surface area contributed by atoms with Crippen molar-refractivity contribution in [2.24, 2.45) is 5.73 Å². The van der Waals surface area contributed by atoms with Crippen LogP contribution in [0, 0.1) is 0 Å². The summed E-state index contributed by atoms with van der Waals surface area (Å²) in [5, 5.41) is 2.03. The van der Waals surface area contributed by atoms with Crippen molar-refractivity contribution in [2.45, 2.75) is 25.9 Å². The van der Waals surface area contributed by atoms with E-state index in [2.05, 4.69) is 0 Å². The van der Waals surface area contributed by atoms with Crippen molar-refractivity contribution >= 4 is 17.2 Å². The standard InChI is InChI=1S/C16H20N2OS/c1-2-18(12-14-9-6-10-20-14)16(19)15(17)11-13-7-4-3-5-8-13/h3-10,15H,2,11-12,17H2,1H3/t15-/m1/s1. The molecule has 1 atom stereocenters. The third kappa shape index (κ3) is 3.92. The van der Waals surface area contributed by atoms with Gasteiger partial charge in [-0.3, -0.25) is 4.79 Å². The summed E-state index contributed by atoms with van der Waals surface area (Å²) in [4.78, 5) is 15.4. The Bertz CT molecular complexity index is 525. The fourth-order valence-corrected chi connectivity index (χ4v) is 2.85. The van der Waals surface area contributed by atoms with Crippen LogP contribution in [0.15, 0.2) is 47.8 Å². The first-order chi connectivity index (χ1) is 9.70. The second kappa shape index (κ2) is 7.22. The Balaban J connectivity index is 1.97. The van der Waals surface area contributed by atoms with E-state index in [1.807, 2.05) is 59.7 Å². The lowest BCUT2D eigenvalue weighted by atomic mass is 10.1. The maximum atomic E-state index is 12.4. The predicted molar refractivity (Wildman–Crippen MR) is 83.5 cm³/mol. The van der Waals surface area contributed by atoms with E-state index < -0.39 is 6.04 Å². The highest BCUT2D eigenvalue weighted by molar-refractivity contribution is 7.09. The minimum atomic E-state index is -0.475. The molecule has 3 nitrogen and oxygen atoms in total. The van der Waals surface area contributed by atoms with Gasteiger partial charge in [-0.2, -0.15) is 0 Å². The average Bonchev–Trinajstić information content (AvgIpc) is 2.98. The highest BCUT2D eigenvalue weighted by Crippen LogP contribution is 2.13. The smallest absolute Gasteiger partial charge is 0.240 e. The van der Waals surface area contributed by atoms with Crippen LogP contribution < -0.4 is 5.73 Å². The number of likely N-dealkylation sites (N-methyl/N-ethyl adjacent to an activating group) is 1. The molecule has 0 saturated carbocycles. The fourth-order valence-electron chi connectivity index (χ4n) is 2.13. The maximum absolute atomic E-state index is 12.4. The second-order valence-corrected chi connectivity index (χ2v) is 5.76. The number of nitrogens with two attached hydrogens (primary N) is 1. The van der Waals surface area contributed by atoms with Gasteiger partial charge in [0.05, 0.1) is 12.6 Å². The first-order valence-corrected chi connectivity index (χ1v) is 7.69. The number of carbonyl (C=O) groups is 1. The van der Waals surface area contributed by atoms with E-state index in [1.165, 1.54) is 4.88 Å². The number of carbonyl (C=O) groups excluding carboxylic acids is 1. The highest BCUT2D eigenvalue weighted by atomic mass is 32.1. The van der Waals surface area contributed by atoms with E-state index >= 15 is 0 Å². The lowest BCUT2D eigenvalue weighted by Gasteiger charge is -2.24. The Morgan fingerprint density at radius 2 is 2.00 bits per heavy atom. The van der Waals surface area contributed by atoms with Gasteiger partial charge in [-0.05, 0) is 30.4 Å². The Hall–Kier alpha value is -1.65. The van der Waals surface area contributed by atoms with E-state index in [0.29, 0.717) is 19.5 Å². The first kappa shape index (κ1) is 14.8. The third-order valence-electron chi connectivity index (χ3n) is 3.24. The molecule has 1 aromatic carbocycles. The summed E-state index contributed by atoms with van der Waals surface area (Å²) in [5.74, 6) is 0.0183. The van der Waals surface area contributed by atoms with Crippen LogP contribution in [0.5, 0.6) is 0 Å². The van der Waals surface area contributed by atoms with Gasteiger partial charge in [0.25, 0.3) is 0 Å². The van der Waals surface area contributed by atoms with Crippen molar-refractivity contribution in [3.05, 3.63) is 58.3 Å². The quantitative estimate of drug-likeness (QED) is 0.888. The molecule has 0 aliphatic carbocycles. The summed E-state index contributed by atoms with van der Waals surface area (Å²) in [5.41, 5.74) is 7.16. The number of benzene rings is 1. The molecule has 2 rings (SSSR count). The predicted octanol–water partition coefficient (Wildman–Crippen LogP) is 2.67. The van der Waals surface area contributed by atoms with E-state index in [0.717, 1.165) is 5.56 Å². The molecule has 2 aromatic rings. The van der Waals surface area contributed by atoms with E-state index in [1.54, 1.807) is 11.3 Å². The number of rotatable bonds is 6. The summed E-state index contributed by atoms with van der Waals surface area (Å²) in [6.07, 6.45) is 0.584. The molecule has 0 aliphatic rings. The van der Waals surface area contributed by atoms with E-state index in [4.69, 9.17) is 5.73 Å². The molecule has 20 heavy (non-hydrogen) atoms. The molecule has 106 valence electrons. The normalized spacial score (nSPS) is 12.1. The van der Waals surface area contributed by atoms with Crippen molar-refractivity contribution in [1.29, 1.82) is 0 Å². The Kier molecular flexibility index (Phi) is 5.32. The Morgan fingerprint density at radius 3 is 2.60 bits per heavy atom. The van der Waals surface area contributed by atoms with Crippen molar-refractivity contribution < 1.29 is 4.79 Å². The molecule has 0 spiro atoms. The average molecular weight is 288 g/mol. The van der Waals surface area contributed by atoms with Crippen LogP contribution in [0.25, 0.3) is 0 Å². The molecule has 0 fully saturated rings. The van der Waals surface area contributed by atoms with Gasteiger partial charge in [0.15, 0.2) is 0 Å². The molecule has 0 bridgehead atoms. The number of hydrogen-bond donors (Lipinski definition) is 1. The zero-order valence-electron chi connectivity index (χ0n) is 11.7. The van der Waals surface area contributed by atoms with Gasteiger partial charge in [-0.1, -0.05) is 36.4 Å². The second-order valence-electron chi connectivity index (χ2n) is 4.73. The fraction of sp³-hybridized carbons (Fsp3) is 0.312. The van der Waals surface area contributed by atoms with Gasteiger partial charge in [-0.15, -0.1) is 11.3 Å². The number of hydrogen-bond acceptors (Lipinski definition) is 3. The maximum Gasteiger partial charge on any atom is 0.240 e. The Labute approximate surface area is 124 Å². The molecule has 1 heterocycles. The van der Waals surface area contributed by atoms with Crippen LogP contribution in [0.1, 0.15) is 17.4 Å². The third-order valence-corrected chi connectivity index (χ3v) is 4.10. The molecule has 1 amide bonds. The molecule has 0 saturated heterocycles. The van der Waals surface area contributed by atoms with Gasteiger partial charge in [0, 0.05) is 11.4 Å². The van der Waals surface area contributed by atoms with Crippen molar-refractivity contribution in [1.82, 2.24) is 4.90 Å². The molecular weight excluding hydrogens is 268 g/mol. The van der Waals surface area contributed by atoms with Gasteiger partial charge in [0.1, 0.15) is 0 Å².